The quantitative estimate of drug-likeness (QED) is 0.814. The molecule has 1 fully saturated rings. The summed E-state index contributed by atoms with van der Waals surface area (Å²) in [5.41, 5.74) is 4.74. The highest BCUT2D eigenvalue weighted by molar-refractivity contribution is 5.87. The smallest absolute Gasteiger partial charge is 0.332 e. The van der Waals surface area contributed by atoms with Crippen molar-refractivity contribution < 1.29 is 18.0 Å². The van der Waals surface area contributed by atoms with E-state index in [1.807, 2.05) is 6.92 Å². The van der Waals surface area contributed by atoms with E-state index in [2.05, 4.69) is 0 Å². The highest BCUT2D eigenvalue weighted by Gasteiger charge is 2.45. The Kier molecular flexibility index (Phi) is 4.41. The van der Waals surface area contributed by atoms with Crippen LogP contribution < -0.4 is 5.73 Å². The van der Waals surface area contributed by atoms with Crippen LogP contribution in [0.1, 0.15) is 39.0 Å². The SMILES string of the molecule is CCCCN(CC(F)(F)F)C(=O)C1(N)CCC1. The highest BCUT2D eigenvalue weighted by Crippen LogP contribution is 2.32. The van der Waals surface area contributed by atoms with E-state index in [1.54, 1.807) is 0 Å². The standard InChI is InChI=1S/C11H19F3N2O/c1-2-3-7-16(8-11(12,13)14)9(17)10(15)5-4-6-10/h2-8,15H2,1H3. The second-order valence-corrected chi connectivity index (χ2v) is 4.71. The van der Waals surface area contributed by atoms with E-state index in [9.17, 15) is 18.0 Å². The van der Waals surface area contributed by atoms with Crippen molar-refractivity contribution in [3.8, 4) is 0 Å². The lowest BCUT2D eigenvalue weighted by atomic mass is 9.76. The number of hydrogen-bond donors (Lipinski definition) is 1. The maximum atomic E-state index is 12.4. The van der Waals surface area contributed by atoms with Gasteiger partial charge in [-0.3, -0.25) is 4.79 Å². The van der Waals surface area contributed by atoms with Crippen molar-refractivity contribution in [2.45, 2.75) is 50.7 Å². The summed E-state index contributed by atoms with van der Waals surface area (Å²) in [5, 5.41) is 0. The number of carbonyl (C=O) groups excluding carboxylic acids is 1. The number of rotatable bonds is 5. The van der Waals surface area contributed by atoms with E-state index in [0.717, 1.165) is 17.7 Å². The van der Waals surface area contributed by atoms with Gasteiger partial charge in [0.2, 0.25) is 5.91 Å². The molecule has 0 atom stereocenters. The lowest BCUT2D eigenvalue weighted by molar-refractivity contribution is -0.166. The third-order valence-corrected chi connectivity index (χ3v) is 3.11. The van der Waals surface area contributed by atoms with Gasteiger partial charge in [0.1, 0.15) is 6.54 Å². The van der Waals surface area contributed by atoms with E-state index in [4.69, 9.17) is 5.73 Å². The first-order chi connectivity index (χ1) is 7.78. The van der Waals surface area contributed by atoms with Gasteiger partial charge >= 0.3 is 6.18 Å². The number of nitrogens with zero attached hydrogens (tertiary/aromatic N) is 1. The van der Waals surface area contributed by atoms with Crippen molar-refractivity contribution in [2.24, 2.45) is 5.73 Å². The van der Waals surface area contributed by atoms with Gasteiger partial charge in [0.15, 0.2) is 0 Å². The van der Waals surface area contributed by atoms with E-state index in [1.165, 1.54) is 0 Å². The molecule has 100 valence electrons. The minimum Gasteiger partial charge on any atom is -0.332 e. The molecule has 3 nitrogen and oxygen atoms in total. The molecule has 0 saturated heterocycles. The Morgan fingerprint density at radius 3 is 2.35 bits per heavy atom. The van der Waals surface area contributed by atoms with Crippen LogP contribution in [0.2, 0.25) is 0 Å². The molecular formula is C11H19F3N2O. The van der Waals surface area contributed by atoms with Gasteiger partial charge in [0, 0.05) is 6.54 Å². The average molecular weight is 252 g/mol. The van der Waals surface area contributed by atoms with Crippen LogP contribution >= 0.6 is 0 Å². The van der Waals surface area contributed by atoms with Crippen LogP contribution in [-0.2, 0) is 4.79 Å². The van der Waals surface area contributed by atoms with E-state index >= 15 is 0 Å². The van der Waals surface area contributed by atoms with Gasteiger partial charge in [-0.05, 0) is 25.7 Å². The monoisotopic (exact) mass is 252 g/mol. The van der Waals surface area contributed by atoms with E-state index < -0.39 is 24.2 Å². The molecule has 0 heterocycles. The van der Waals surface area contributed by atoms with Crippen LogP contribution in [0.4, 0.5) is 13.2 Å². The fourth-order valence-electron chi connectivity index (χ4n) is 1.90. The summed E-state index contributed by atoms with van der Waals surface area (Å²) in [6.45, 7) is 0.816. The van der Waals surface area contributed by atoms with Gasteiger partial charge in [0.25, 0.3) is 0 Å². The fourth-order valence-corrected chi connectivity index (χ4v) is 1.90. The fraction of sp³-hybridized carbons (Fsp3) is 0.909. The molecule has 6 heteroatoms. The minimum atomic E-state index is -4.36. The molecule has 1 amide bonds. The predicted octanol–water partition coefficient (Wildman–Crippen LogP) is 2.06. The lowest BCUT2D eigenvalue weighted by Gasteiger charge is -2.40. The first-order valence-electron chi connectivity index (χ1n) is 5.93. The van der Waals surface area contributed by atoms with Gasteiger partial charge in [-0.25, -0.2) is 0 Å². The molecule has 1 aliphatic rings. The number of nitrogens with two attached hydrogens (primary N) is 1. The Hall–Kier alpha value is -0.780. The highest BCUT2D eigenvalue weighted by atomic mass is 19.4. The van der Waals surface area contributed by atoms with Gasteiger partial charge in [0.05, 0.1) is 5.54 Å². The van der Waals surface area contributed by atoms with Crippen LogP contribution in [0.15, 0.2) is 0 Å². The molecule has 1 rings (SSSR count). The second-order valence-electron chi connectivity index (χ2n) is 4.71. The molecule has 0 aromatic heterocycles. The molecule has 0 bridgehead atoms. The minimum absolute atomic E-state index is 0.133. The third kappa shape index (κ3) is 3.87. The zero-order valence-electron chi connectivity index (χ0n) is 10.0. The summed E-state index contributed by atoms with van der Waals surface area (Å²) < 4.78 is 37.1. The molecule has 2 N–H and O–H groups in total. The van der Waals surface area contributed by atoms with Crippen molar-refractivity contribution in [1.82, 2.24) is 4.90 Å². The average Bonchev–Trinajstić information content (AvgIpc) is 2.18. The number of unbranched alkanes of at least 4 members (excludes halogenated alkanes) is 1. The Labute approximate surface area is 99.1 Å². The van der Waals surface area contributed by atoms with Crippen LogP contribution in [0.25, 0.3) is 0 Å². The van der Waals surface area contributed by atoms with Crippen molar-refractivity contribution in [1.29, 1.82) is 0 Å². The number of hydrogen-bond acceptors (Lipinski definition) is 2. The Morgan fingerprint density at radius 2 is 2.00 bits per heavy atom. The van der Waals surface area contributed by atoms with E-state index in [0.29, 0.717) is 19.3 Å². The Morgan fingerprint density at radius 1 is 1.41 bits per heavy atom. The molecule has 0 aromatic carbocycles. The Balaban J connectivity index is 2.64. The first kappa shape index (κ1) is 14.3. The summed E-state index contributed by atoms with van der Waals surface area (Å²) in [6, 6.07) is 0. The van der Waals surface area contributed by atoms with Crippen molar-refractivity contribution >= 4 is 5.91 Å². The second kappa shape index (κ2) is 5.25. The number of alkyl halides is 3. The zero-order valence-corrected chi connectivity index (χ0v) is 10.0. The largest absolute Gasteiger partial charge is 0.406 e. The molecule has 0 aromatic rings. The molecular weight excluding hydrogens is 233 g/mol. The van der Waals surface area contributed by atoms with Crippen molar-refractivity contribution in [3.05, 3.63) is 0 Å². The lowest BCUT2D eigenvalue weighted by Crippen LogP contribution is -2.60. The number of halogens is 3. The Bertz CT molecular complexity index is 274. The molecule has 0 spiro atoms. The summed E-state index contributed by atoms with van der Waals surface area (Å²) in [5.74, 6) is -0.547. The van der Waals surface area contributed by atoms with Crippen molar-refractivity contribution in [2.75, 3.05) is 13.1 Å². The van der Waals surface area contributed by atoms with Gasteiger partial charge in [-0.2, -0.15) is 13.2 Å². The molecule has 0 aliphatic heterocycles. The van der Waals surface area contributed by atoms with Crippen LogP contribution in [0.3, 0.4) is 0 Å². The molecule has 1 saturated carbocycles. The van der Waals surface area contributed by atoms with Gasteiger partial charge < -0.3 is 10.6 Å². The van der Waals surface area contributed by atoms with Gasteiger partial charge in [-0.1, -0.05) is 13.3 Å². The first-order valence-corrected chi connectivity index (χ1v) is 5.93. The van der Waals surface area contributed by atoms with Crippen LogP contribution in [0, 0.1) is 0 Å². The van der Waals surface area contributed by atoms with E-state index in [-0.39, 0.29) is 6.54 Å². The molecule has 0 unspecified atom stereocenters. The molecule has 0 radical (unpaired) electrons. The predicted molar refractivity (Wildman–Crippen MR) is 58.3 cm³/mol. The summed E-state index contributed by atoms with van der Waals surface area (Å²) >= 11 is 0. The number of amides is 1. The topological polar surface area (TPSA) is 46.3 Å². The number of carbonyl (C=O) groups is 1. The van der Waals surface area contributed by atoms with Crippen LogP contribution in [0.5, 0.6) is 0 Å². The third-order valence-electron chi connectivity index (χ3n) is 3.11. The maximum absolute atomic E-state index is 12.4. The summed E-state index contributed by atoms with van der Waals surface area (Å²) in [7, 11) is 0. The summed E-state index contributed by atoms with van der Waals surface area (Å²) in [4.78, 5) is 12.8. The normalized spacial score (nSPS) is 18.6. The summed E-state index contributed by atoms with van der Waals surface area (Å²) in [6.07, 6.45) is -1.24. The van der Waals surface area contributed by atoms with Crippen molar-refractivity contribution in [3.63, 3.8) is 0 Å². The molecule has 1 aliphatic carbocycles. The van der Waals surface area contributed by atoms with Gasteiger partial charge in [-0.15, -0.1) is 0 Å². The zero-order chi connectivity index (χ0) is 13.1. The molecule has 17 heavy (non-hydrogen) atoms. The maximum Gasteiger partial charge on any atom is 0.406 e. The van der Waals surface area contributed by atoms with Crippen LogP contribution in [-0.4, -0.2) is 35.6 Å².